The molecule has 0 aromatic rings. The highest BCUT2D eigenvalue weighted by Gasteiger charge is 2.06. The number of nitrogens with one attached hydrogen (secondary N) is 1. The third-order valence-corrected chi connectivity index (χ3v) is 0.753. The maximum absolute atomic E-state index is 10.6. The molecule has 1 N–H and O–H groups in total. The van der Waals surface area contributed by atoms with Gasteiger partial charge in [-0.25, -0.2) is 4.79 Å². The summed E-state index contributed by atoms with van der Waals surface area (Å²) in [5.74, 6) is -0.560. The Kier molecular flexibility index (Phi) is 3.95. The lowest BCUT2D eigenvalue weighted by molar-refractivity contribution is -0.115. The van der Waals surface area contributed by atoms with Crippen LogP contribution in [0.5, 0.6) is 0 Å². The summed E-state index contributed by atoms with van der Waals surface area (Å²) in [6.45, 7) is 6.56. The minimum atomic E-state index is -0.745. The van der Waals surface area contributed by atoms with Crippen LogP contribution < -0.4 is 5.32 Å². The summed E-state index contributed by atoms with van der Waals surface area (Å²) in [6.07, 6.45) is 0.0271. The summed E-state index contributed by atoms with van der Waals surface area (Å²) >= 11 is 0. The highest BCUT2D eigenvalue weighted by molar-refractivity contribution is 5.98. The van der Waals surface area contributed by atoms with E-state index in [9.17, 15) is 9.59 Å². The van der Waals surface area contributed by atoms with Crippen molar-refractivity contribution in [2.45, 2.75) is 20.0 Å². The molecule has 62 valence electrons. The van der Waals surface area contributed by atoms with Gasteiger partial charge in [0, 0.05) is 0 Å². The number of amides is 2. The molecule has 0 aliphatic heterocycles. The van der Waals surface area contributed by atoms with E-state index in [4.69, 9.17) is 0 Å². The van der Waals surface area contributed by atoms with Gasteiger partial charge in [-0.1, -0.05) is 6.58 Å². The number of hydrogen-bond acceptors (Lipinski definition) is 3. The van der Waals surface area contributed by atoms with Crippen LogP contribution in [0.1, 0.15) is 13.8 Å². The monoisotopic (exact) mass is 157 g/mol. The highest BCUT2D eigenvalue weighted by Crippen LogP contribution is 1.87. The Bertz CT molecular complexity index is 175. The fraction of sp³-hybridized carbons (Fsp3) is 0.429. The van der Waals surface area contributed by atoms with Gasteiger partial charge >= 0.3 is 6.09 Å². The Morgan fingerprint density at radius 2 is 2.09 bits per heavy atom. The van der Waals surface area contributed by atoms with Crippen LogP contribution >= 0.6 is 0 Å². The van der Waals surface area contributed by atoms with Gasteiger partial charge in [0.05, 0.1) is 6.10 Å². The normalized spacial score (nSPS) is 9.00. The van der Waals surface area contributed by atoms with Crippen molar-refractivity contribution in [3.05, 3.63) is 12.7 Å². The second-order valence-electron chi connectivity index (χ2n) is 2.15. The molecule has 0 spiro atoms. The van der Waals surface area contributed by atoms with Gasteiger partial charge in [-0.3, -0.25) is 10.1 Å². The second-order valence-corrected chi connectivity index (χ2v) is 2.15. The average Bonchev–Trinajstić information content (AvgIpc) is 1.85. The van der Waals surface area contributed by atoms with Gasteiger partial charge in [-0.05, 0) is 19.9 Å². The number of carbonyl (C=O) groups is 2. The van der Waals surface area contributed by atoms with E-state index >= 15 is 0 Å². The van der Waals surface area contributed by atoms with Crippen molar-refractivity contribution in [2.24, 2.45) is 0 Å². The molecule has 0 atom stereocenters. The molecule has 0 saturated heterocycles. The molecule has 0 aliphatic rings. The zero-order valence-electron chi connectivity index (χ0n) is 6.59. The summed E-state index contributed by atoms with van der Waals surface area (Å²) < 4.78 is 4.60. The fourth-order valence-electron chi connectivity index (χ4n) is 0.395. The Hall–Kier alpha value is -1.32. The maximum atomic E-state index is 10.6. The number of alkyl carbamates (subject to hydrolysis) is 1. The van der Waals surface area contributed by atoms with Crippen molar-refractivity contribution in [2.75, 3.05) is 0 Å². The van der Waals surface area contributed by atoms with Gasteiger partial charge in [0.15, 0.2) is 0 Å². The zero-order valence-corrected chi connectivity index (χ0v) is 6.59. The minimum absolute atomic E-state index is 0.229. The lowest BCUT2D eigenvalue weighted by Crippen LogP contribution is -2.31. The molecular formula is C7H11NO3. The van der Waals surface area contributed by atoms with Gasteiger partial charge in [-0.15, -0.1) is 0 Å². The van der Waals surface area contributed by atoms with Crippen molar-refractivity contribution < 1.29 is 14.3 Å². The van der Waals surface area contributed by atoms with Crippen molar-refractivity contribution in [1.82, 2.24) is 5.32 Å². The van der Waals surface area contributed by atoms with E-state index in [0.29, 0.717) is 0 Å². The van der Waals surface area contributed by atoms with Crippen LogP contribution in [-0.4, -0.2) is 18.1 Å². The molecule has 4 heteroatoms. The van der Waals surface area contributed by atoms with Crippen molar-refractivity contribution >= 4 is 12.0 Å². The largest absolute Gasteiger partial charge is 0.447 e. The molecular weight excluding hydrogens is 146 g/mol. The van der Waals surface area contributed by atoms with Gasteiger partial charge < -0.3 is 4.74 Å². The first-order valence-electron chi connectivity index (χ1n) is 3.20. The van der Waals surface area contributed by atoms with Crippen molar-refractivity contribution in [1.29, 1.82) is 0 Å². The van der Waals surface area contributed by atoms with E-state index in [2.05, 4.69) is 11.3 Å². The van der Waals surface area contributed by atoms with Crippen molar-refractivity contribution in [3.8, 4) is 0 Å². The van der Waals surface area contributed by atoms with Crippen LogP contribution in [0.25, 0.3) is 0 Å². The Morgan fingerprint density at radius 1 is 1.55 bits per heavy atom. The summed E-state index contributed by atoms with van der Waals surface area (Å²) in [5.41, 5.74) is 0. The van der Waals surface area contributed by atoms with Crippen LogP contribution in [0.3, 0.4) is 0 Å². The van der Waals surface area contributed by atoms with E-state index in [-0.39, 0.29) is 6.10 Å². The Morgan fingerprint density at radius 3 is 2.45 bits per heavy atom. The van der Waals surface area contributed by atoms with Gasteiger partial charge in [0.2, 0.25) is 0 Å². The first-order valence-corrected chi connectivity index (χ1v) is 3.20. The summed E-state index contributed by atoms with van der Waals surface area (Å²) in [4.78, 5) is 21.1. The summed E-state index contributed by atoms with van der Waals surface area (Å²) in [7, 11) is 0. The zero-order chi connectivity index (χ0) is 8.85. The molecule has 0 aliphatic carbocycles. The molecule has 0 aromatic heterocycles. The summed E-state index contributed by atoms with van der Waals surface area (Å²) in [5, 5.41) is 1.94. The van der Waals surface area contributed by atoms with Gasteiger partial charge in [0.1, 0.15) is 0 Å². The molecule has 0 aromatic carbocycles. The molecule has 0 bridgehead atoms. The second kappa shape index (κ2) is 4.49. The predicted octanol–water partition coefficient (Wildman–Crippen LogP) is 0.834. The van der Waals surface area contributed by atoms with E-state index in [1.54, 1.807) is 13.8 Å². The number of imide groups is 1. The van der Waals surface area contributed by atoms with Crippen LogP contribution in [0.15, 0.2) is 12.7 Å². The van der Waals surface area contributed by atoms with Crippen LogP contribution in [0.2, 0.25) is 0 Å². The molecule has 4 nitrogen and oxygen atoms in total. The quantitative estimate of drug-likeness (QED) is 0.604. The molecule has 0 fully saturated rings. The number of rotatable bonds is 2. The third kappa shape index (κ3) is 5.14. The smallest absolute Gasteiger partial charge is 0.414 e. The lowest BCUT2D eigenvalue weighted by atomic mass is 10.5. The summed E-state index contributed by atoms with van der Waals surface area (Å²) in [6, 6.07) is 0. The molecule has 0 unspecified atom stereocenters. The molecule has 11 heavy (non-hydrogen) atoms. The van der Waals surface area contributed by atoms with E-state index in [0.717, 1.165) is 6.08 Å². The molecule has 2 amide bonds. The topological polar surface area (TPSA) is 55.4 Å². The first-order chi connectivity index (χ1) is 5.06. The Balaban J connectivity index is 3.69. The van der Waals surface area contributed by atoms with Gasteiger partial charge in [0.25, 0.3) is 5.91 Å². The molecule has 0 rings (SSSR count). The van der Waals surface area contributed by atoms with Gasteiger partial charge in [-0.2, -0.15) is 0 Å². The molecule has 0 heterocycles. The predicted molar refractivity (Wildman–Crippen MR) is 40.0 cm³/mol. The van der Waals surface area contributed by atoms with E-state index in [1.165, 1.54) is 0 Å². The third-order valence-electron chi connectivity index (χ3n) is 0.753. The SMILES string of the molecule is C=CC(=O)NC(=O)OC(C)C. The maximum Gasteiger partial charge on any atom is 0.414 e. The standard InChI is InChI=1S/C7H11NO3/c1-4-6(9)8-7(10)11-5(2)3/h4-5H,1H2,2-3H3,(H,8,9,10). The highest BCUT2D eigenvalue weighted by atomic mass is 16.6. The number of hydrogen-bond donors (Lipinski definition) is 1. The van der Waals surface area contributed by atoms with Crippen LogP contribution in [-0.2, 0) is 9.53 Å². The number of ether oxygens (including phenoxy) is 1. The van der Waals surface area contributed by atoms with E-state index in [1.807, 2.05) is 5.32 Å². The molecule has 0 radical (unpaired) electrons. The van der Waals surface area contributed by atoms with Crippen LogP contribution in [0, 0.1) is 0 Å². The fourth-order valence-corrected chi connectivity index (χ4v) is 0.395. The van der Waals surface area contributed by atoms with E-state index < -0.39 is 12.0 Å². The first kappa shape index (κ1) is 9.68. The Labute approximate surface area is 65.2 Å². The average molecular weight is 157 g/mol. The molecule has 0 saturated carbocycles. The minimum Gasteiger partial charge on any atom is -0.447 e. The number of carbonyl (C=O) groups excluding carboxylic acids is 2. The lowest BCUT2D eigenvalue weighted by Gasteiger charge is -2.06. The van der Waals surface area contributed by atoms with Crippen LogP contribution in [0.4, 0.5) is 4.79 Å². The van der Waals surface area contributed by atoms with Crippen molar-refractivity contribution in [3.63, 3.8) is 0 Å².